The molecule has 2 saturated carbocycles. The van der Waals surface area contributed by atoms with E-state index >= 15 is 0 Å². The van der Waals surface area contributed by atoms with Crippen LogP contribution >= 0.6 is 0 Å². The number of rotatable bonds is 4. The van der Waals surface area contributed by atoms with Gasteiger partial charge in [0.1, 0.15) is 5.75 Å². The molecule has 0 saturated heterocycles. The lowest BCUT2D eigenvalue weighted by atomic mass is 9.89. The van der Waals surface area contributed by atoms with Crippen molar-refractivity contribution in [1.82, 2.24) is 0 Å². The predicted molar refractivity (Wildman–Crippen MR) is 76.2 cm³/mol. The largest absolute Gasteiger partial charge is 0.493 e. The van der Waals surface area contributed by atoms with E-state index in [0.717, 1.165) is 41.2 Å². The SMILES string of the molecule is Cc1cc([C@H](C)O)ccc1OCC1CC2CCC1C2. The molecule has 1 aromatic carbocycles. The van der Waals surface area contributed by atoms with Gasteiger partial charge in [-0.05, 0) is 74.1 Å². The first-order valence-corrected chi connectivity index (χ1v) is 7.55. The first-order chi connectivity index (χ1) is 9.13. The number of benzene rings is 1. The number of aliphatic hydroxyl groups excluding tert-OH is 1. The summed E-state index contributed by atoms with van der Waals surface area (Å²) in [6.45, 7) is 4.72. The monoisotopic (exact) mass is 260 g/mol. The molecule has 0 aromatic heterocycles. The average molecular weight is 260 g/mol. The van der Waals surface area contributed by atoms with Crippen LogP contribution in [0.1, 0.15) is 49.8 Å². The van der Waals surface area contributed by atoms with E-state index in [1.807, 2.05) is 18.2 Å². The molecular formula is C17H24O2. The number of fused-ring (bicyclic) bond motifs is 2. The molecule has 104 valence electrons. The lowest BCUT2D eigenvalue weighted by Crippen LogP contribution is -2.18. The van der Waals surface area contributed by atoms with Crippen LogP contribution in [0.5, 0.6) is 5.75 Å². The van der Waals surface area contributed by atoms with Crippen LogP contribution in [-0.4, -0.2) is 11.7 Å². The summed E-state index contributed by atoms with van der Waals surface area (Å²) in [5.41, 5.74) is 2.09. The van der Waals surface area contributed by atoms with E-state index < -0.39 is 6.10 Å². The third-order valence-electron chi connectivity index (χ3n) is 5.02. The van der Waals surface area contributed by atoms with Crippen molar-refractivity contribution in [2.24, 2.45) is 17.8 Å². The Bertz CT molecular complexity index is 453. The minimum Gasteiger partial charge on any atom is -0.493 e. The minimum absolute atomic E-state index is 0.404. The molecule has 2 aliphatic carbocycles. The lowest BCUT2D eigenvalue weighted by Gasteiger charge is -2.22. The van der Waals surface area contributed by atoms with Crippen LogP contribution < -0.4 is 4.74 Å². The van der Waals surface area contributed by atoms with Crippen LogP contribution in [0.4, 0.5) is 0 Å². The highest BCUT2D eigenvalue weighted by atomic mass is 16.5. The molecule has 0 heterocycles. The highest BCUT2D eigenvalue weighted by Gasteiger charge is 2.39. The Kier molecular flexibility index (Phi) is 3.53. The van der Waals surface area contributed by atoms with Crippen molar-refractivity contribution < 1.29 is 9.84 Å². The van der Waals surface area contributed by atoms with Gasteiger partial charge in [-0.15, -0.1) is 0 Å². The van der Waals surface area contributed by atoms with Gasteiger partial charge in [-0.1, -0.05) is 12.5 Å². The molecule has 2 heteroatoms. The minimum atomic E-state index is -0.404. The van der Waals surface area contributed by atoms with Crippen molar-refractivity contribution in [3.63, 3.8) is 0 Å². The van der Waals surface area contributed by atoms with Gasteiger partial charge in [0.15, 0.2) is 0 Å². The maximum atomic E-state index is 9.57. The maximum Gasteiger partial charge on any atom is 0.122 e. The summed E-state index contributed by atoms with van der Waals surface area (Å²) in [5, 5.41) is 9.57. The Hall–Kier alpha value is -1.02. The summed E-state index contributed by atoms with van der Waals surface area (Å²) < 4.78 is 6.03. The third-order valence-corrected chi connectivity index (χ3v) is 5.02. The first kappa shape index (κ1) is 13.0. The van der Waals surface area contributed by atoms with Gasteiger partial charge in [-0.3, -0.25) is 0 Å². The molecule has 0 aliphatic heterocycles. The van der Waals surface area contributed by atoms with E-state index in [-0.39, 0.29) is 0 Å². The normalized spacial score (nSPS) is 30.6. The molecule has 2 fully saturated rings. The van der Waals surface area contributed by atoms with Crippen molar-refractivity contribution >= 4 is 0 Å². The summed E-state index contributed by atoms with van der Waals surface area (Å²) in [6.07, 6.45) is 5.27. The van der Waals surface area contributed by atoms with Gasteiger partial charge < -0.3 is 9.84 Å². The molecule has 2 nitrogen and oxygen atoms in total. The molecule has 1 N–H and O–H groups in total. The second kappa shape index (κ2) is 5.16. The van der Waals surface area contributed by atoms with Gasteiger partial charge in [-0.25, -0.2) is 0 Å². The topological polar surface area (TPSA) is 29.5 Å². The summed E-state index contributed by atoms with van der Waals surface area (Å²) in [4.78, 5) is 0. The zero-order valence-corrected chi connectivity index (χ0v) is 11.9. The van der Waals surface area contributed by atoms with Gasteiger partial charge in [-0.2, -0.15) is 0 Å². The zero-order chi connectivity index (χ0) is 13.4. The molecule has 0 spiro atoms. The smallest absolute Gasteiger partial charge is 0.122 e. The van der Waals surface area contributed by atoms with E-state index in [1.165, 1.54) is 25.7 Å². The quantitative estimate of drug-likeness (QED) is 0.890. The van der Waals surface area contributed by atoms with E-state index in [0.29, 0.717) is 0 Å². The van der Waals surface area contributed by atoms with Gasteiger partial charge in [0.05, 0.1) is 12.7 Å². The van der Waals surface area contributed by atoms with Crippen LogP contribution in [0.2, 0.25) is 0 Å². The fourth-order valence-corrected chi connectivity index (χ4v) is 3.87. The predicted octanol–water partition coefficient (Wildman–Crippen LogP) is 3.86. The molecule has 0 radical (unpaired) electrons. The summed E-state index contributed by atoms with van der Waals surface area (Å²) in [6, 6.07) is 6.00. The Labute approximate surface area is 115 Å². The summed E-state index contributed by atoms with van der Waals surface area (Å²) in [7, 11) is 0. The van der Waals surface area contributed by atoms with Crippen LogP contribution in [0.3, 0.4) is 0 Å². The number of aryl methyl sites for hydroxylation is 1. The average Bonchev–Trinajstić information content (AvgIpc) is 2.99. The van der Waals surface area contributed by atoms with Crippen molar-refractivity contribution in [2.45, 2.75) is 45.6 Å². The second-order valence-corrected chi connectivity index (χ2v) is 6.45. The fraction of sp³-hybridized carbons (Fsp3) is 0.647. The molecule has 3 rings (SSSR count). The van der Waals surface area contributed by atoms with Crippen LogP contribution in [0, 0.1) is 24.7 Å². The van der Waals surface area contributed by atoms with E-state index in [1.54, 1.807) is 6.92 Å². The van der Waals surface area contributed by atoms with Gasteiger partial charge in [0, 0.05) is 0 Å². The van der Waals surface area contributed by atoms with Crippen molar-refractivity contribution in [2.75, 3.05) is 6.61 Å². The molecular weight excluding hydrogens is 236 g/mol. The van der Waals surface area contributed by atoms with Crippen LogP contribution in [0.15, 0.2) is 18.2 Å². The number of aliphatic hydroxyl groups is 1. The second-order valence-electron chi connectivity index (χ2n) is 6.45. The lowest BCUT2D eigenvalue weighted by molar-refractivity contribution is 0.192. The molecule has 3 unspecified atom stereocenters. The van der Waals surface area contributed by atoms with Gasteiger partial charge in [0.2, 0.25) is 0 Å². The first-order valence-electron chi connectivity index (χ1n) is 7.55. The van der Waals surface area contributed by atoms with E-state index in [2.05, 4.69) is 6.92 Å². The molecule has 2 aliphatic rings. The highest BCUT2D eigenvalue weighted by molar-refractivity contribution is 5.36. The standard InChI is InChI=1S/C17H24O2/c1-11-7-14(12(2)18)5-6-17(11)19-10-16-9-13-3-4-15(16)8-13/h5-7,12-13,15-16,18H,3-4,8-10H2,1-2H3/t12-,13?,15?,16?/m0/s1. The highest BCUT2D eigenvalue weighted by Crippen LogP contribution is 2.48. The summed E-state index contributed by atoms with van der Waals surface area (Å²) >= 11 is 0. The summed E-state index contributed by atoms with van der Waals surface area (Å²) in [5.74, 6) is 3.65. The Morgan fingerprint density at radius 1 is 1.32 bits per heavy atom. The van der Waals surface area contributed by atoms with Crippen LogP contribution in [0.25, 0.3) is 0 Å². The molecule has 19 heavy (non-hydrogen) atoms. The van der Waals surface area contributed by atoms with Gasteiger partial charge in [0.25, 0.3) is 0 Å². The number of hydrogen-bond acceptors (Lipinski definition) is 2. The molecule has 0 amide bonds. The third kappa shape index (κ3) is 2.64. The van der Waals surface area contributed by atoms with Crippen molar-refractivity contribution in [3.8, 4) is 5.75 Å². The van der Waals surface area contributed by atoms with Gasteiger partial charge >= 0.3 is 0 Å². The molecule has 2 bridgehead atoms. The molecule has 4 atom stereocenters. The van der Waals surface area contributed by atoms with Crippen LogP contribution in [-0.2, 0) is 0 Å². The fourth-order valence-electron chi connectivity index (χ4n) is 3.87. The Balaban J connectivity index is 1.61. The van der Waals surface area contributed by atoms with Crippen molar-refractivity contribution in [1.29, 1.82) is 0 Å². The van der Waals surface area contributed by atoms with E-state index in [4.69, 9.17) is 4.74 Å². The Morgan fingerprint density at radius 3 is 2.74 bits per heavy atom. The zero-order valence-electron chi connectivity index (χ0n) is 11.9. The molecule has 1 aromatic rings. The van der Waals surface area contributed by atoms with E-state index in [9.17, 15) is 5.11 Å². The van der Waals surface area contributed by atoms with Crippen molar-refractivity contribution in [3.05, 3.63) is 29.3 Å². The number of ether oxygens (including phenoxy) is 1. The Morgan fingerprint density at radius 2 is 2.16 bits per heavy atom. The maximum absolute atomic E-state index is 9.57. The number of hydrogen-bond donors (Lipinski definition) is 1.